The SMILES string of the molecule is Cc1nn(C)c2cc(N)cc(C(=O)O)c12. The highest BCUT2D eigenvalue weighted by molar-refractivity contribution is 6.05. The summed E-state index contributed by atoms with van der Waals surface area (Å²) in [5.74, 6) is -0.983. The number of carboxylic acid groups (broad SMARTS) is 1. The van der Waals surface area contributed by atoms with E-state index in [0.29, 0.717) is 16.8 Å². The van der Waals surface area contributed by atoms with Crippen molar-refractivity contribution in [2.75, 3.05) is 5.73 Å². The molecule has 0 aliphatic carbocycles. The van der Waals surface area contributed by atoms with E-state index in [9.17, 15) is 4.79 Å². The van der Waals surface area contributed by atoms with Crippen molar-refractivity contribution in [2.24, 2.45) is 7.05 Å². The Bertz CT molecular complexity index is 557. The van der Waals surface area contributed by atoms with Gasteiger partial charge in [0.1, 0.15) is 0 Å². The highest BCUT2D eigenvalue weighted by atomic mass is 16.4. The average Bonchev–Trinajstić information content (AvgIpc) is 2.41. The second-order valence-corrected chi connectivity index (χ2v) is 3.48. The third-order valence-electron chi connectivity index (χ3n) is 2.38. The molecule has 0 spiro atoms. The smallest absolute Gasteiger partial charge is 0.336 e. The summed E-state index contributed by atoms with van der Waals surface area (Å²) in [6.07, 6.45) is 0. The predicted molar refractivity (Wildman–Crippen MR) is 56.8 cm³/mol. The zero-order valence-electron chi connectivity index (χ0n) is 8.48. The minimum atomic E-state index is -0.983. The molecule has 0 fully saturated rings. The Balaban J connectivity index is 2.96. The van der Waals surface area contributed by atoms with Gasteiger partial charge in [-0.1, -0.05) is 0 Å². The molecule has 1 heterocycles. The molecule has 0 aliphatic rings. The summed E-state index contributed by atoms with van der Waals surface area (Å²) in [4.78, 5) is 11.0. The van der Waals surface area contributed by atoms with Gasteiger partial charge in [-0.25, -0.2) is 4.79 Å². The first kappa shape index (κ1) is 9.51. The number of aromatic nitrogens is 2. The van der Waals surface area contributed by atoms with Gasteiger partial charge in [0, 0.05) is 18.1 Å². The lowest BCUT2D eigenvalue weighted by atomic mass is 10.1. The average molecular weight is 205 g/mol. The lowest BCUT2D eigenvalue weighted by molar-refractivity contribution is 0.0699. The van der Waals surface area contributed by atoms with Crippen molar-refractivity contribution in [2.45, 2.75) is 6.92 Å². The van der Waals surface area contributed by atoms with Crippen molar-refractivity contribution in [3.05, 3.63) is 23.4 Å². The second-order valence-electron chi connectivity index (χ2n) is 3.48. The van der Waals surface area contributed by atoms with E-state index >= 15 is 0 Å². The topological polar surface area (TPSA) is 81.1 Å². The van der Waals surface area contributed by atoms with E-state index in [-0.39, 0.29) is 5.56 Å². The van der Waals surface area contributed by atoms with Crippen LogP contribution in [0.4, 0.5) is 5.69 Å². The standard InChI is InChI=1S/C10H11N3O2/c1-5-9-7(10(14)15)3-6(11)4-8(9)13(2)12-5/h3-4H,11H2,1-2H3,(H,14,15). The van der Waals surface area contributed by atoms with Gasteiger partial charge in [0.2, 0.25) is 0 Å². The molecule has 2 rings (SSSR count). The molecular weight excluding hydrogens is 194 g/mol. The van der Waals surface area contributed by atoms with Crippen LogP contribution < -0.4 is 5.73 Å². The molecule has 0 saturated carbocycles. The molecule has 2 aromatic rings. The van der Waals surface area contributed by atoms with Crippen LogP contribution in [0, 0.1) is 6.92 Å². The monoisotopic (exact) mass is 205 g/mol. The summed E-state index contributed by atoms with van der Waals surface area (Å²) in [5, 5.41) is 13.9. The fourth-order valence-electron chi connectivity index (χ4n) is 1.78. The number of hydrogen-bond acceptors (Lipinski definition) is 3. The zero-order valence-corrected chi connectivity index (χ0v) is 8.48. The number of hydrogen-bond donors (Lipinski definition) is 2. The van der Waals surface area contributed by atoms with Gasteiger partial charge in [0.15, 0.2) is 0 Å². The van der Waals surface area contributed by atoms with Crippen LogP contribution in [0.15, 0.2) is 12.1 Å². The summed E-state index contributed by atoms with van der Waals surface area (Å²) in [5.41, 5.74) is 7.71. The maximum absolute atomic E-state index is 11.0. The number of anilines is 1. The second kappa shape index (κ2) is 2.98. The van der Waals surface area contributed by atoms with Crippen LogP contribution >= 0.6 is 0 Å². The van der Waals surface area contributed by atoms with Crippen LogP contribution in [0.5, 0.6) is 0 Å². The van der Waals surface area contributed by atoms with Crippen LogP contribution in [0.1, 0.15) is 16.1 Å². The molecule has 0 bridgehead atoms. The molecule has 1 aromatic carbocycles. The molecule has 0 saturated heterocycles. The molecule has 0 unspecified atom stereocenters. The number of benzene rings is 1. The van der Waals surface area contributed by atoms with E-state index in [0.717, 1.165) is 5.52 Å². The number of nitrogens with zero attached hydrogens (tertiary/aromatic N) is 2. The Kier molecular flexibility index (Phi) is 1.89. The van der Waals surface area contributed by atoms with Crippen LogP contribution in [-0.2, 0) is 7.05 Å². The van der Waals surface area contributed by atoms with E-state index < -0.39 is 5.97 Å². The Morgan fingerprint density at radius 2 is 2.20 bits per heavy atom. The van der Waals surface area contributed by atoms with Gasteiger partial charge in [-0.3, -0.25) is 4.68 Å². The lowest BCUT2D eigenvalue weighted by Crippen LogP contribution is -2.00. The quantitative estimate of drug-likeness (QED) is 0.684. The number of nitrogens with two attached hydrogens (primary N) is 1. The minimum absolute atomic E-state index is 0.204. The summed E-state index contributed by atoms with van der Waals surface area (Å²) < 4.78 is 1.63. The molecule has 0 radical (unpaired) electrons. The van der Waals surface area contributed by atoms with Crippen LogP contribution in [-0.4, -0.2) is 20.9 Å². The van der Waals surface area contributed by atoms with Crippen LogP contribution in [0.25, 0.3) is 10.9 Å². The first-order valence-corrected chi connectivity index (χ1v) is 4.47. The predicted octanol–water partition coefficient (Wildman–Crippen LogP) is 1.16. The molecule has 15 heavy (non-hydrogen) atoms. The van der Waals surface area contributed by atoms with Crippen molar-refractivity contribution < 1.29 is 9.90 Å². The van der Waals surface area contributed by atoms with Gasteiger partial charge in [0.25, 0.3) is 0 Å². The van der Waals surface area contributed by atoms with E-state index in [2.05, 4.69) is 5.10 Å². The van der Waals surface area contributed by atoms with Crippen molar-refractivity contribution in [3.63, 3.8) is 0 Å². The molecule has 0 aliphatic heterocycles. The fourth-order valence-corrected chi connectivity index (χ4v) is 1.78. The summed E-state index contributed by atoms with van der Waals surface area (Å²) in [6.45, 7) is 1.78. The molecule has 0 atom stereocenters. The van der Waals surface area contributed by atoms with Gasteiger partial charge < -0.3 is 10.8 Å². The summed E-state index contributed by atoms with van der Waals surface area (Å²) in [6, 6.07) is 3.18. The third kappa shape index (κ3) is 1.32. The van der Waals surface area contributed by atoms with Crippen LogP contribution in [0.2, 0.25) is 0 Å². The number of aromatic carboxylic acids is 1. The first-order valence-electron chi connectivity index (χ1n) is 4.47. The number of rotatable bonds is 1. The Morgan fingerprint density at radius 1 is 1.53 bits per heavy atom. The third-order valence-corrected chi connectivity index (χ3v) is 2.38. The van der Waals surface area contributed by atoms with Crippen molar-refractivity contribution >= 4 is 22.6 Å². The lowest BCUT2D eigenvalue weighted by Gasteiger charge is -2.01. The van der Waals surface area contributed by atoms with Crippen molar-refractivity contribution in [1.82, 2.24) is 9.78 Å². The Morgan fingerprint density at radius 3 is 2.80 bits per heavy atom. The van der Waals surface area contributed by atoms with Gasteiger partial charge in [0.05, 0.1) is 16.8 Å². The van der Waals surface area contributed by atoms with E-state index in [1.165, 1.54) is 6.07 Å². The maximum Gasteiger partial charge on any atom is 0.336 e. The maximum atomic E-state index is 11.0. The first-order chi connectivity index (χ1) is 7.00. The largest absolute Gasteiger partial charge is 0.478 e. The number of nitrogen functional groups attached to an aromatic ring is 1. The minimum Gasteiger partial charge on any atom is -0.478 e. The number of carbonyl (C=O) groups is 1. The van der Waals surface area contributed by atoms with Crippen LogP contribution in [0.3, 0.4) is 0 Å². The van der Waals surface area contributed by atoms with Gasteiger partial charge >= 0.3 is 5.97 Å². The molecule has 5 heteroatoms. The van der Waals surface area contributed by atoms with Gasteiger partial charge in [-0.15, -0.1) is 0 Å². The molecule has 5 nitrogen and oxygen atoms in total. The molecule has 0 amide bonds. The highest BCUT2D eigenvalue weighted by Gasteiger charge is 2.15. The van der Waals surface area contributed by atoms with Crippen molar-refractivity contribution in [3.8, 4) is 0 Å². The number of fused-ring (bicyclic) bond motifs is 1. The number of carboxylic acids is 1. The van der Waals surface area contributed by atoms with Gasteiger partial charge in [-0.2, -0.15) is 5.10 Å². The summed E-state index contributed by atoms with van der Waals surface area (Å²) in [7, 11) is 1.76. The van der Waals surface area contributed by atoms with E-state index in [1.54, 1.807) is 24.7 Å². The fraction of sp³-hybridized carbons (Fsp3) is 0.200. The zero-order chi connectivity index (χ0) is 11.2. The number of aryl methyl sites for hydroxylation is 2. The Labute approximate surface area is 86.1 Å². The van der Waals surface area contributed by atoms with Crippen molar-refractivity contribution in [1.29, 1.82) is 0 Å². The highest BCUT2D eigenvalue weighted by Crippen LogP contribution is 2.25. The molecule has 78 valence electrons. The van der Waals surface area contributed by atoms with E-state index in [1.807, 2.05) is 0 Å². The van der Waals surface area contributed by atoms with Gasteiger partial charge in [-0.05, 0) is 19.1 Å². The summed E-state index contributed by atoms with van der Waals surface area (Å²) >= 11 is 0. The molecular formula is C10H11N3O2. The van der Waals surface area contributed by atoms with E-state index in [4.69, 9.17) is 10.8 Å². The molecule has 1 aromatic heterocycles. The Hall–Kier alpha value is -2.04. The normalized spacial score (nSPS) is 10.8. The molecule has 3 N–H and O–H groups in total.